The first-order chi connectivity index (χ1) is 12.1. The number of rotatable bonds is 3. The third-order valence-electron chi connectivity index (χ3n) is 5.59. The number of fused-ring (bicyclic) bond motifs is 1. The largest absolute Gasteiger partial charge is 0.464 e. The van der Waals surface area contributed by atoms with Crippen molar-refractivity contribution >= 4 is 16.9 Å². The molecule has 4 rings (SSSR count). The van der Waals surface area contributed by atoms with Gasteiger partial charge >= 0.3 is 0 Å². The third-order valence-corrected chi connectivity index (χ3v) is 5.59. The van der Waals surface area contributed by atoms with Crippen LogP contribution in [0.15, 0.2) is 28.9 Å². The van der Waals surface area contributed by atoms with Crippen LogP contribution in [-0.4, -0.2) is 61.1 Å². The lowest BCUT2D eigenvalue weighted by Crippen LogP contribution is -2.47. The number of morpholine rings is 1. The first-order valence-corrected chi connectivity index (χ1v) is 9.18. The van der Waals surface area contributed by atoms with Crippen molar-refractivity contribution in [3.05, 3.63) is 35.6 Å². The summed E-state index contributed by atoms with van der Waals surface area (Å²) in [6.45, 7) is 9.53. The summed E-state index contributed by atoms with van der Waals surface area (Å²) in [6, 6.07) is 6.60. The molecule has 5 nitrogen and oxygen atoms in total. The van der Waals surface area contributed by atoms with Crippen LogP contribution in [-0.2, 0) is 16.0 Å². The van der Waals surface area contributed by atoms with Crippen molar-refractivity contribution < 1.29 is 13.9 Å². The molecule has 2 aliphatic rings. The van der Waals surface area contributed by atoms with Gasteiger partial charge in [0, 0.05) is 43.2 Å². The molecule has 2 atom stereocenters. The highest BCUT2D eigenvalue weighted by molar-refractivity contribution is 5.88. The number of benzene rings is 1. The topological polar surface area (TPSA) is 45.9 Å². The van der Waals surface area contributed by atoms with Gasteiger partial charge in [-0.25, -0.2) is 0 Å². The zero-order valence-electron chi connectivity index (χ0n) is 15.0. The highest BCUT2D eigenvalue weighted by Gasteiger charge is 2.36. The highest BCUT2D eigenvalue weighted by Crippen LogP contribution is 2.26. The molecule has 2 fully saturated rings. The van der Waals surface area contributed by atoms with Crippen LogP contribution in [0, 0.1) is 12.8 Å². The van der Waals surface area contributed by atoms with Gasteiger partial charge in [0.2, 0.25) is 5.91 Å². The lowest BCUT2D eigenvalue weighted by atomic mass is 10.0. The van der Waals surface area contributed by atoms with Gasteiger partial charge in [0.1, 0.15) is 5.58 Å². The standard InChI is InChI=1S/C20H26N2O3/c1-14-3-4-17-16(13-25-19(17)9-14)10-20(23)22-11-15(2)18(12-22)21-5-7-24-8-6-21/h3-4,9,13,15,18H,5-8,10-12H2,1-2H3/t15-,18-/m0/s1. The van der Waals surface area contributed by atoms with E-state index in [1.165, 1.54) is 5.56 Å². The number of hydrogen-bond donors (Lipinski definition) is 0. The van der Waals surface area contributed by atoms with E-state index in [2.05, 4.69) is 24.0 Å². The molecule has 5 heteroatoms. The van der Waals surface area contributed by atoms with Crippen LogP contribution in [0.2, 0.25) is 0 Å². The smallest absolute Gasteiger partial charge is 0.227 e. The van der Waals surface area contributed by atoms with Gasteiger partial charge in [-0.2, -0.15) is 0 Å². The van der Waals surface area contributed by atoms with Crippen LogP contribution in [0.5, 0.6) is 0 Å². The van der Waals surface area contributed by atoms with Gasteiger partial charge in [0.15, 0.2) is 0 Å². The monoisotopic (exact) mass is 342 g/mol. The van der Waals surface area contributed by atoms with Crippen molar-refractivity contribution in [3.8, 4) is 0 Å². The SMILES string of the molecule is Cc1ccc2c(CC(=O)N3C[C@H](C)[C@@H](N4CCOCC4)C3)coc2c1. The second-order valence-corrected chi connectivity index (χ2v) is 7.43. The Labute approximate surface area is 148 Å². The second kappa shape index (κ2) is 6.81. The number of likely N-dealkylation sites (tertiary alicyclic amines) is 1. The molecule has 1 aromatic carbocycles. The summed E-state index contributed by atoms with van der Waals surface area (Å²) in [5, 5.41) is 1.05. The summed E-state index contributed by atoms with van der Waals surface area (Å²) in [6.07, 6.45) is 2.15. The Hall–Kier alpha value is -1.85. The molecule has 1 aromatic heterocycles. The maximum absolute atomic E-state index is 12.8. The number of aryl methyl sites for hydroxylation is 1. The quantitative estimate of drug-likeness (QED) is 0.860. The lowest BCUT2D eigenvalue weighted by Gasteiger charge is -2.33. The number of hydrogen-bond acceptors (Lipinski definition) is 4. The number of carbonyl (C=O) groups excluding carboxylic acids is 1. The predicted molar refractivity (Wildman–Crippen MR) is 96.6 cm³/mol. The fourth-order valence-electron chi connectivity index (χ4n) is 4.14. The summed E-state index contributed by atoms with van der Waals surface area (Å²) in [7, 11) is 0. The number of amides is 1. The fourth-order valence-corrected chi connectivity index (χ4v) is 4.14. The molecular formula is C20H26N2O3. The van der Waals surface area contributed by atoms with E-state index >= 15 is 0 Å². The van der Waals surface area contributed by atoms with Gasteiger partial charge in [-0.1, -0.05) is 19.1 Å². The fraction of sp³-hybridized carbons (Fsp3) is 0.550. The summed E-state index contributed by atoms with van der Waals surface area (Å²) < 4.78 is 11.1. The minimum absolute atomic E-state index is 0.200. The molecule has 2 aliphatic heterocycles. The third kappa shape index (κ3) is 3.31. The zero-order valence-corrected chi connectivity index (χ0v) is 15.0. The molecule has 0 spiro atoms. The van der Waals surface area contributed by atoms with Crippen LogP contribution in [0.4, 0.5) is 0 Å². The molecule has 1 amide bonds. The van der Waals surface area contributed by atoms with Crippen LogP contribution >= 0.6 is 0 Å². The first kappa shape index (κ1) is 16.6. The Morgan fingerprint density at radius 3 is 2.84 bits per heavy atom. The molecule has 0 radical (unpaired) electrons. The summed E-state index contributed by atoms with van der Waals surface area (Å²) >= 11 is 0. The van der Waals surface area contributed by atoms with Gasteiger partial charge in [-0.3, -0.25) is 9.69 Å². The Bertz CT molecular complexity index is 763. The van der Waals surface area contributed by atoms with Crippen LogP contribution in [0.1, 0.15) is 18.1 Å². The Morgan fingerprint density at radius 2 is 2.04 bits per heavy atom. The van der Waals surface area contributed by atoms with Crippen molar-refractivity contribution in [1.82, 2.24) is 9.80 Å². The Morgan fingerprint density at radius 1 is 1.24 bits per heavy atom. The second-order valence-electron chi connectivity index (χ2n) is 7.43. The Balaban J connectivity index is 1.44. The van der Waals surface area contributed by atoms with Gasteiger partial charge in [0.25, 0.3) is 0 Å². The number of furan rings is 1. The maximum Gasteiger partial charge on any atom is 0.227 e. The Kier molecular flexibility index (Phi) is 4.52. The van der Waals surface area contributed by atoms with Crippen molar-refractivity contribution in [2.24, 2.45) is 5.92 Å². The van der Waals surface area contributed by atoms with Crippen molar-refractivity contribution in [2.45, 2.75) is 26.3 Å². The summed E-state index contributed by atoms with van der Waals surface area (Å²) in [4.78, 5) is 17.3. The molecule has 25 heavy (non-hydrogen) atoms. The minimum Gasteiger partial charge on any atom is -0.464 e. The zero-order chi connectivity index (χ0) is 17.4. The molecule has 3 heterocycles. The lowest BCUT2D eigenvalue weighted by molar-refractivity contribution is -0.129. The molecule has 0 unspecified atom stereocenters. The van der Waals surface area contributed by atoms with Crippen molar-refractivity contribution in [1.29, 1.82) is 0 Å². The van der Waals surface area contributed by atoms with Gasteiger partial charge in [0.05, 0.1) is 25.9 Å². The van der Waals surface area contributed by atoms with Gasteiger partial charge < -0.3 is 14.1 Å². The highest BCUT2D eigenvalue weighted by atomic mass is 16.5. The summed E-state index contributed by atoms with van der Waals surface area (Å²) in [5.41, 5.74) is 3.02. The van der Waals surface area contributed by atoms with E-state index < -0.39 is 0 Å². The maximum atomic E-state index is 12.8. The molecule has 0 saturated carbocycles. The molecule has 0 N–H and O–H groups in total. The molecular weight excluding hydrogens is 316 g/mol. The number of ether oxygens (including phenoxy) is 1. The minimum atomic E-state index is 0.200. The molecule has 2 aromatic rings. The van der Waals surface area contributed by atoms with Crippen molar-refractivity contribution in [3.63, 3.8) is 0 Å². The van der Waals surface area contributed by atoms with E-state index in [0.717, 1.165) is 55.9 Å². The molecule has 2 saturated heterocycles. The number of carbonyl (C=O) groups is 1. The van der Waals surface area contributed by atoms with Crippen LogP contribution < -0.4 is 0 Å². The number of nitrogens with zero attached hydrogens (tertiary/aromatic N) is 2. The summed E-state index contributed by atoms with van der Waals surface area (Å²) in [5.74, 6) is 0.705. The van der Waals surface area contributed by atoms with Gasteiger partial charge in [-0.05, 0) is 24.5 Å². The van der Waals surface area contributed by atoms with E-state index in [0.29, 0.717) is 18.4 Å². The van der Waals surface area contributed by atoms with E-state index in [1.54, 1.807) is 6.26 Å². The van der Waals surface area contributed by atoms with E-state index in [9.17, 15) is 4.79 Å². The molecule has 0 aliphatic carbocycles. The van der Waals surface area contributed by atoms with E-state index in [1.807, 2.05) is 17.9 Å². The predicted octanol–water partition coefficient (Wildman–Crippen LogP) is 2.46. The average molecular weight is 342 g/mol. The van der Waals surface area contributed by atoms with Crippen molar-refractivity contribution in [2.75, 3.05) is 39.4 Å². The first-order valence-electron chi connectivity index (χ1n) is 9.18. The van der Waals surface area contributed by atoms with Crippen LogP contribution in [0.25, 0.3) is 11.0 Å². The average Bonchev–Trinajstić information content (AvgIpc) is 3.19. The van der Waals surface area contributed by atoms with Crippen LogP contribution in [0.3, 0.4) is 0 Å². The van der Waals surface area contributed by atoms with E-state index in [-0.39, 0.29) is 5.91 Å². The normalized spacial score (nSPS) is 25.0. The molecule has 134 valence electrons. The molecule has 0 bridgehead atoms. The van der Waals surface area contributed by atoms with Gasteiger partial charge in [-0.15, -0.1) is 0 Å². The van der Waals surface area contributed by atoms with E-state index in [4.69, 9.17) is 9.15 Å².